The van der Waals surface area contributed by atoms with Gasteiger partial charge < -0.3 is 15.2 Å². The van der Waals surface area contributed by atoms with Crippen molar-refractivity contribution in [3.8, 4) is 5.75 Å². The molecule has 3 rings (SSSR count). The molecule has 138 valence electrons. The van der Waals surface area contributed by atoms with Gasteiger partial charge in [-0.05, 0) is 31.2 Å². The number of nitrogens with one attached hydrogen (secondary N) is 1. The van der Waals surface area contributed by atoms with E-state index in [1.54, 1.807) is 19.2 Å². The second-order valence-electron chi connectivity index (χ2n) is 6.72. The molecule has 2 unspecified atom stereocenters. The molecule has 1 heterocycles. The molecule has 1 fully saturated rings. The molecule has 1 amide bonds. The van der Waals surface area contributed by atoms with E-state index in [-0.39, 0.29) is 24.5 Å². The van der Waals surface area contributed by atoms with E-state index in [9.17, 15) is 9.90 Å². The lowest BCUT2D eigenvalue weighted by molar-refractivity contribution is 0.0728. The van der Waals surface area contributed by atoms with Crippen LogP contribution in [-0.4, -0.2) is 48.8 Å². The van der Waals surface area contributed by atoms with Gasteiger partial charge in [0.2, 0.25) is 0 Å². The SMILES string of the molecule is COc1ccccc1CN1CCC(CO)C(NC(=O)c2ccccc2)C1. The number of ether oxygens (including phenoxy) is 1. The lowest BCUT2D eigenvalue weighted by Gasteiger charge is -2.38. The summed E-state index contributed by atoms with van der Waals surface area (Å²) in [6.45, 7) is 2.45. The van der Waals surface area contributed by atoms with E-state index in [1.807, 2.05) is 36.4 Å². The molecule has 2 aromatic rings. The third kappa shape index (κ3) is 4.42. The van der Waals surface area contributed by atoms with Crippen LogP contribution in [0, 0.1) is 5.92 Å². The van der Waals surface area contributed by atoms with E-state index < -0.39 is 0 Å². The summed E-state index contributed by atoms with van der Waals surface area (Å²) in [6, 6.07) is 17.1. The third-order valence-corrected chi connectivity index (χ3v) is 5.01. The first-order valence-electron chi connectivity index (χ1n) is 9.02. The van der Waals surface area contributed by atoms with E-state index in [0.717, 1.165) is 30.8 Å². The second-order valence-corrected chi connectivity index (χ2v) is 6.72. The van der Waals surface area contributed by atoms with Gasteiger partial charge in [0.15, 0.2) is 0 Å². The van der Waals surface area contributed by atoms with Gasteiger partial charge in [0.05, 0.1) is 7.11 Å². The van der Waals surface area contributed by atoms with Crippen molar-refractivity contribution in [3.05, 3.63) is 65.7 Å². The van der Waals surface area contributed by atoms with Gasteiger partial charge in [-0.1, -0.05) is 36.4 Å². The number of methoxy groups -OCH3 is 1. The number of amides is 1. The first-order valence-corrected chi connectivity index (χ1v) is 9.02. The minimum atomic E-state index is -0.0896. The second kappa shape index (κ2) is 8.83. The van der Waals surface area contributed by atoms with Crippen LogP contribution in [0.15, 0.2) is 54.6 Å². The first kappa shape index (κ1) is 18.4. The van der Waals surface area contributed by atoms with Gasteiger partial charge in [-0.15, -0.1) is 0 Å². The number of benzene rings is 2. The number of carbonyl (C=O) groups excluding carboxylic acids is 1. The number of nitrogens with zero attached hydrogens (tertiary/aromatic N) is 1. The Hall–Kier alpha value is -2.37. The predicted molar refractivity (Wildman–Crippen MR) is 101 cm³/mol. The Kier molecular flexibility index (Phi) is 6.26. The maximum atomic E-state index is 12.5. The van der Waals surface area contributed by atoms with Gasteiger partial charge >= 0.3 is 0 Å². The van der Waals surface area contributed by atoms with Crippen molar-refractivity contribution in [2.45, 2.75) is 19.0 Å². The minimum Gasteiger partial charge on any atom is -0.496 e. The molecule has 1 aliphatic rings. The van der Waals surface area contributed by atoms with Gasteiger partial charge in [-0.25, -0.2) is 0 Å². The van der Waals surface area contributed by atoms with Crippen molar-refractivity contribution in [2.24, 2.45) is 5.92 Å². The van der Waals surface area contributed by atoms with Gasteiger partial charge in [0.1, 0.15) is 5.75 Å². The summed E-state index contributed by atoms with van der Waals surface area (Å²) in [6.07, 6.45) is 0.853. The van der Waals surface area contributed by atoms with Crippen LogP contribution in [-0.2, 0) is 6.54 Å². The highest BCUT2D eigenvalue weighted by Gasteiger charge is 2.30. The molecule has 2 atom stereocenters. The molecule has 0 saturated carbocycles. The quantitative estimate of drug-likeness (QED) is 0.836. The number of aliphatic hydroxyl groups excluding tert-OH is 1. The minimum absolute atomic E-state index is 0.0730. The number of para-hydroxylation sites is 1. The van der Waals surface area contributed by atoms with Gasteiger partial charge in [-0.2, -0.15) is 0 Å². The number of hydrogen-bond acceptors (Lipinski definition) is 4. The topological polar surface area (TPSA) is 61.8 Å². The zero-order valence-corrected chi connectivity index (χ0v) is 15.1. The Morgan fingerprint density at radius 1 is 1.19 bits per heavy atom. The molecule has 26 heavy (non-hydrogen) atoms. The number of piperidine rings is 1. The fourth-order valence-electron chi connectivity index (χ4n) is 3.51. The van der Waals surface area contributed by atoms with Crippen molar-refractivity contribution in [2.75, 3.05) is 26.8 Å². The lowest BCUT2D eigenvalue weighted by Crippen LogP contribution is -2.53. The van der Waals surface area contributed by atoms with Crippen LogP contribution in [0.5, 0.6) is 5.75 Å². The molecule has 0 spiro atoms. The maximum absolute atomic E-state index is 12.5. The number of aliphatic hydroxyl groups is 1. The van der Waals surface area contributed by atoms with Crippen LogP contribution >= 0.6 is 0 Å². The van der Waals surface area contributed by atoms with E-state index in [0.29, 0.717) is 12.1 Å². The molecule has 2 aromatic carbocycles. The predicted octanol–water partition coefficient (Wildman–Crippen LogP) is 2.31. The molecule has 0 aromatic heterocycles. The summed E-state index contributed by atoms with van der Waals surface area (Å²) in [5, 5.41) is 12.8. The summed E-state index contributed by atoms with van der Waals surface area (Å²) in [7, 11) is 1.68. The fraction of sp³-hybridized carbons (Fsp3) is 0.381. The number of rotatable bonds is 6. The van der Waals surface area contributed by atoms with Gasteiger partial charge in [0.25, 0.3) is 5.91 Å². The van der Waals surface area contributed by atoms with Gasteiger partial charge in [0, 0.05) is 42.8 Å². The zero-order valence-electron chi connectivity index (χ0n) is 15.1. The van der Waals surface area contributed by atoms with E-state index in [2.05, 4.69) is 16.3 Å². The molecular weight excluding hydrogens is 328 g/mol. The average molecular weight is 354 g/mol. The average Bonchev–Trinajstić information content (AvgIpc) is 2.69. The molecule has 0 radical (unpaired) electrons. The number of likely N-dealkylation sites (tertiary alicyclic amines) is 1. The van der Waals surface area contributed by atoms with Crippen LogP contribution in [0.3, 0.4) is 0 Å². The highest BCUT2D eigenvalue weighted by Crippen LogP contribution is 2.24. The monoisotopic (exact) mass is 354 g/mol. The standard InChI is InChI=1S/C21H26N2O3/c1-26-20-10-6-5-9-17(20)13-23-12-11-18(15-24)19(14-23)22-21(25)16-7-3-2-4-8-16/h2-10,18-19,24H,11-15H2,1H3,(H,22,25). The Morgan fingerprint density at radius 3 is 2.65 bits per heavy atom. The van der Waals surface area contributed by atoms with Gasteiger partial charge in [-0.3, -0.25) is 9.69 Å². The van der Waals surface area contributed by atoms with Crippen LogP contribution in [0.25, 0.3) is 0 Å². The fourth-order valence-corrected chi connectivity index (χ4v) is 3.51. The lowest BCUT2D eigenvalue weighted by atomic mass is 9.91. The number of carbonyl (C=O) groups is 1. The summed E-state index contributed by atoms with van der Waals surface area (Å²) in [4.78, 5) is 14.8. The summed E-state index contributed by atoms with van der Waals surface area (Å²) in [5.74, 6) is 0.867. The highest BCUT2D eigenvalue weighted by molar-refractivity contribution is 5.94. The summed E-state index contributed by atoms with van der Waals surface area (Å²) >= 11 is 0. The smallest absolute Gasteiger partial charge is 0.251 e. The molecule has 1 aliphatic heterocycles. The number of hydrogen-bond donors (Lipinski definition) is 2. The van der Waals surface area contributed by atoms with E-state index in [1.165, 1.54) is 0 Å². The largest absolute Gasteiger partial charge is 0.496 e. The van der Waals surface area contributed by atoms with E-state index in [4.69, 9.17) is 4.74 Å². The summed E-state index contributed by atoms with van der Waals surface area (Å²) in [5.41, 5.74) is 1.77. The molecule has 2 N–H and O–H groups in total. The Labute approximate surface area is 154 Å². The Balaban J connectivity index is 1.67. The van der Waals surface area contributed by atoms with Crippen molar-refractivity contribution in [1.82, 2.24) is 10.2 Å². The Morgan fingerprint density at radius 2 is 1.92 bits per heavy atom. The molecule has 0 bridgehead atoms. The van der Waals surface area contributed by atoms with Crippen LogP contribution in [0.4, 0.5) is 0 Å². The van der Waals surface area contributed by atoms with Crippen molar-refractivity contribution in [3.63, 3.8) is 0 Å². The van der Waals surface area contributed by atoms with Crippen LogP contribution in [0.1, 0.15) is 22.3 Å². The third-order valence-electron chi connectivity index (χ3n) is 5.01. The first-order chi connectivity index (χ1) is 12.7. The molecular formula is C21H26N2O3. The van der Waals surface area contributed by atoms with Crippen molar-refractivity contribution in [1.29, 1.82) is 0 Å². The van der Waals surface area contributed by atoms with Crippen molar-refractivity contribution < 1.29 is 14.6 Å². The zero-order chi connectivity index (χ0) is 18.4. The van der Waals surface area contributed by atoms with Crippen LogP contribution < -0.4 is 10.1 Å². The summed E-state index contributed by atoms with van der Waals surface area (Å²) < 4.78 is 5.44. The molecule has 1 saturated heterocycles. The molecule has 5 heteroatoms. The molecule has 0 aliphatic carbocycles. The maximum Gasteiger partial charge on any atom is 0.251 e. The molecule has 5 nitrogen and oxygen atoms in total. The van der Waals surface area contributed by atoms with E-state index >= 15 is 0 Å². The highest BCUT2D eigenvalue weighted by atomic mass is 16.5. The normalized spacial score (nSPS) is 20.5. The Bertz CT molecular complexity index is 720. The van der Waals surface area contributed by atoms with Crippen molar-refractivity contribution >= 4 is 5.91 Å². The van der Waals surface area contributed by atoms with Crippen LogP contribution in [0.2, 0.25) is 0 Å².